The molecule has 1 aliphatic heterocycles. The van der Waals surface area contributed by atoms with Gasteiger partial charge >= 0.3 is 12.0 Å². The zero-order chi connectivity index (χ0) is 14.0. The minimum absolute atomic E-state index is 0.216. The second-order valence-electron chi connectivity index (χ2n) is 4.59. The van der Waals surface area contributed by atoms with E-state index < -0.39 is 12.0 Å². The summed E-state index contributed by atoms with van der Waals surface area (Å²) in [6.07, 6.45) is 1.29. The molecule has 0 saturated carbocycles. The number of hydrogen-bond donors (Lipinski definition) is 1. The lowest BCUT2D eigenvalue weighted by Crippen LogP contribution is -2.46. The Balaban J connectivity index is 2.00. The first-order chi connectivity index (χ1) is 8.99. The summed E-state index contributed by atoms with van der Waals surface area (Å²) < 4.78 is 1.02. The third-order valence-electron chi connectivity index (χ3n) is 3.15. The normalized spacial score (nSPS) is 18.6. The summed E-state index contributed by atoms with van der Waals surface area (Å²) in [4.78, 5) is 26.3. The van der Waals surface area contributed by atoms with Crippen LogP contribution in [0.2, 0.25) is 0 Å². The van der Waals surface area contributed by atoms with E-state index in [1.807, 2.05) is 11.4 Å². The summed E-state index contributed by atoms with van der Waals surface area (Å²) >= 11 is 4.95. The van der Waals surface area contributed by atoms with Crippen molar-refractivity contribution < 1.29 is 14.7 Å². The number of likely N-dealkylation sites (tertiary alicyclic amines) is 1. The molecule has 0 spiro atoms. The van der Waals surface area contributed by atoms with Crippen molar-refractivity contribution in [2.75, 3.05) is 13.6 Å². The van der Waals surface area contributed by atoms with Crippen molar-refractivity contribution >= 4 is 39.3 Å². The van der Waals surface area contributed by atoms with Gasteiger partial charge in [0.1, 0.15) is 6.04 Å². The Hall–Kier alpha value is -1.08. The lowest BCUT2D eigenvalue weighted by atomic mass is 10.2. The number of aliphatic carboxylic acids is 1. The molecule has 0 unspecified atom stereocenters. The van der Waals surface area contributed by atoms with E-state index in [0.717, 1.165) is 15.8 Å². The number of carbonyl (C=O) groups is 2. The van der Waals surface area contributed by atoms with Gasteiger partial charge in [-0.1, -0.05) is 0 Å². The monoisotopic (exact) mass is 346 g/mol. The third kappa shape index (κ3) is 3.27. The van der Waals surface area contributed by atoms with E-state index in [1.165, 1.54) is 4.90 Å². The summed E-state index contributed by atoms with van der Waals surface area (Å²) in [5, 5.41) is 11.1. The first-order valence-electron chi connectivity index (χ1n) is 5.96. The van der Waals surface area contributed by atoms with Gasteiger partial charge in [-0.15, -0.1) is 11.3 Å². The third-order valence-corrected chi connectivity index (χ3v) is 4.70. The number of nitrogens with zero attached hydrogens (tertiary/aromatic N) is 2. The van der Waals surface area contributed by atoms with Gasteiger partial charge in [-0.3, -0.25) is 0 Å². The van der Waals surface area contributed by atoms with Crippen LogP contribution in [-0.2, 0) is 11.3 Å². The van der Waals surface area contributed by atoms with E-state index in [2.05, 4.69) is 15.9 Å². The van der Waals surface area contributed by atoms with Crippen LogP contribution >= 0.6 is 27.3 Å². The van der Waals surface area contributed by atoms with Crippen LogP contribution in [0.3, 0.4) is 0 Å². The number of urea groups is 1. The molecule has 0 radical (unpaired) electrons. The Kier molecular flexibility index (Phi) is 4.46. The maximum absolute atomic E-state index is 12.3. The molecule has 104 valence electrons. The minimum Gasteiger partial charge on any atom is -0.480 e. The van der Waals surface area contributed by atoms with Crippen molar-refractivity contribution in [2.45, 2.75) is 25.4 Å². The quantitative estimate of drug-likeness (QED) is 0.914. The summed E-state index contributed by atoms with van der Waals surface area (Å²) in [7, 11) is 1.70. The van der Waals surface area contributed by atoms with Crippen LogP contribution in [0.5, 0.6) is 0 Å². The van der Waals surface area contributed by atoms with Gasteiger partial charge in [-0.05, 0) is 45.8 Å². The molecule has 2 amide bonds. The summed E-state index contributed by atoms with van der Waals surface area (Å²) in [5.41, 5.74) is 1.04. The summed E-state index contributed by atoms with van der Waals surface area (Å²) in [5.74, 6) is -0.919. The maximum Gasteiger partial charge on any atom is 0.326 e. The van der Waals surface area contributed by atoms with Gasteiger partial charge in [0, 0.05) is 20.1 Å². The van der Waals surface area contributed by atoms with Gasteiger partial charge in [-0.25, -0.2) is 9.59 Å². The SMILES string of the molecule is CN(Cc1csc(Br)c1)C(=O)N1CCC[C@@H]1C(=O)O. The van der Waals surface area contributed by atoms with Crippen molar-refractivity contribution in [3.8, 4) is 0 Å². The first-order valence-corrected chi connectivity index (χ1v) is 7.63. The number of carbonyl (C=O) groups excluding carboxylic acids is 1. The van der Waals surface area contributed by atoms with E-state index in [4.69, 9.17) is 5.11 Å². The second kappa shape index (κ2) is 5.92. The van der Waals surface area contributed by atoms with Crippen LogP contribution < -0.4 is 0 Å². The highest BCUT2D eigenvalue weighted by molar-refractivity contribution is 9.11. The number of amides is 2. The molecule has 2 rings (SSSR count). The molecule has 1 fully saturated rings. The molecule has 1 aromatic rings. The molecule has 19 heavy (non-hydrogen) atoms. The van der Waals surface area contributed by atoms with Gasteiger partial charge in [0.15, 0.2) is 0 Å². The van der Waals surface area contributed by atoms with Crippen molar-refractivity contribution in [3.05, 3.63) is 20.8 Å². The molecule has 1 N–H and O–H groups in total. The molecule has 7 heteroatoms. The molecule has 1 aliphatic rings. The largest absolute Gasteiger partial charge is 0.480 e. The van der Waals surface area contributed by atoms with Gasteiger partial charge < -0.3 is 14.9 Å². The highest BCUT2D eigenvalue weighted by Gasteiger charge is 2.35. The fourth-order valence-electron chi connectivity index (χ4n) is 2.24. The van der Waals surface area contributed by atoms with E-state index in [0.29, 0.717) is 19.5 Å². The Morgan fingerprint density at radius 1 is 1.63 bits per heavy atom. The molecule has 1 saturated heterocycles. The smallest absolute Gasteiger partial charge is 0.326 e. The highest BCUT2D eigenvalue weighted by Crippen LogP contribution is 2.23. The summed E-state index contributed by atoms with van der Waals surface area (Å²) in [6, 6.07) is 1.07. The Bertz CT molecular complexity index is 491. The number of thiophene rings is 1. The van der Waals surface area contributed by atoms with E-state index >= 15 is 0 Å². The molecule has 0 bridgehead atoms. The number of carboxylic acids is 1. The lowest BCUT2D eigenvalue weighted by molar-refractivity contribution is -0.141. The van der Waals surface area contributed by atoms with Crippen molar-refractivity contribution in [1.29, 1.82) is 0 Å². The fourth-order valence-corrected chi connectivity index (χ4v) is 3.44. The van der Waals surface area contributed by atoms with E-state index in [-0.39, 0.29) is 6.03 Å². The van der Waals surface area contributed by atoms with Gasteiger partial charge in [0.05, 0.1) is 3.79 Å². The predicted molar refractivity (Wildman–Crippen MR) is 76.2 cm³/mol. The fraction of sp³-hybridized carbons (Fsp3) is 0.500. The van der Waals surface area contributed by atoms with Crippen LogP contribution in [0.4, 0.5) is 4.79 Å². The van der Waals surface area contributed by atoms with Gasteiger partial charge in [0.2, 0.25) is 0 Å². The molecule has 1 aromatic heterocycles. The zero-order valence-electron chi connectivity index (χ0n) is 10.5. The van der Waals surface area contributed by atoms with Crippen LogP contribution in [-0.4, -0.2) is 46.5 Å². The molecular weight excluding hydrogens is 332 g/mol. The molecule has 0 aliphatic carbocycles. The minimum atomic E-state index is -0.919. The van der Waals surface area contributed by atoms with Crippen LogP contribution in [0, 0.1) is 0 Å². The standard InChI is InChI=1S/C12H15BrN2O3S/c1-14(6-8-5-10(13)19-7-8)12(18)15-4-2-3-9(15)11(16)17/h5,7,9H,2-4,6H2,1H3,(H,16,17)/t9-/m1/s1. The molecular formula is C12H15BrN2O3S. The Morgan fingerprint density at radius 2 is 2.37 bits per heavy atom. The first kappa shape index (κ1) is 14.3. The summed E-state index contributed by atoms with van der Waals surface area (Å²) in [6.45, 7) is 1.01. The molecule has 5 nitrogen and oxygen atoms in total. The predicted octanol–water partition coefficient (Wildman–Crippen LogP) is 2.61. The number of halogens is 1. The van der Waals surface area contributed by atoms with Crippen molar-refractivity contribution in [1.82, 2.24) is 9.80 Å². The maximum atomic E-state index is 12.3. The molecule has 2 heterocycles. The van der Waals surface area contributed by atoms with E-state index in [9.17, 15) is 9.59 Å². The zero-order valence-corrected chi connectivity index (χ0v) is 12.9. The van der Waals surface area contributed by atoms with Crippen LogP contribution in [0.1, 0.15) is 18.4 Å². The van der Waals surface area contributed by atoms with Crippen LogP contribution in [0.25, 0.3) is 0 Å². The van der Waals surface area contributed by atoms with Gasteiger partial charge in [-0.2, -0.15) is 0 Å². The van der Waals surface area contributed by atoms with Crippen LogP contribution in [0.15, 0.2) is 15.2 Å². The number of carboxylic acid groups (broad SMARTS) is 1. The molecule has 0 aromatic carbocycles. The Morgan fingerprint density at radius 3 is 2.95 bits per heavy atom. The van der Waals surface area contributed by atoms with E-state index in [1.54, 1.807) is 23.3 Å². The topological polar surface area (TPSA) is 60.9 Å². The average molecular weight is 347 g/mol. The number of hydrogen-bond acceptors (Lipinski definition) is 3. The van der Waals surface area contributed by atoms with Crippen molar-refractivity contribution in [3.63, 3.8) is 0 Å². The Labute approximate surface area is 123 Å². The average Bonchev–Trinajstić information content (AvgIpc) is 2.97. The molecule has 1 atom stereocenters. The van der Waals surface area contributed by atoms with Gasteiger partial charge in [0.25, 0.3) is 0 Å². The second-order valence-corrected chi connectivity index (χ2v) is 6.88. The lowest BCUT2D eigenvalue weighted by Gasteiger charge is -2.27. The number of rotatable bonds is 3. The highest BCUT2D eigenvalue weighted by atomic mass is 79.9. The van der Waals surface area contributed by atoms with Crippen molar-refractivity contribution in [2.24, 2.45) is 0 Å².